The third-order valence-corrected chi connectivity index (χ3v) is 1.80. The molecule has 0 atom stereocenters. The summed E-state index contributed by atoms with van der Waals surface area (Å²) in [6.07, 6.45) is 0. The van der Waals surface area contributed by atoms with E-state index in [9.17, 15) is 4.79 Å². The summed E-state index contributed by atoms with van der Waals surface area (Å²) >= 11 is 0. The molecule has 1 aromatic rings. The Kier molecular flexibility index (Phi) is 2.71. The third-order valence-electron chi connectivity index (χ3n) is 1.80. The largest absolute Gasteiger partial charge is 0.495 e. The first-order valence-electron chi connectivity index (χ1n) is 3.89. The van der Waals surface area contributed by atoms with E-state index in [-0.39, 0.29) is 17.0 Å². The number of primary amides is 1. The van der Waals surface area contributed by atoms with Crippen LogP contribution in [0.5, 0.6) is 5.75 Å². The first-order valence-corrected chi connectivity index (χ1v) is 3.89. The van der Waals surface area contributed by atoms with Crippen molar-refractivity contribution < 1.29 is 9.53 Å². The predicted molar refractivity (Wildman–Crippen MR) is 53.4 cm³/mol. The molecule has 0 unspecified atom stereocenters. The maximum atomic E-state index is 10.8. The van der Waals surface area contributed by atoms with Gasteiger partial charge in [-0.05, 0) is 6.07 Å². The fourth-order valence-corrected chi connectivity index (χ4v) is 1.07. The number of carbonyl (C=O) groups is 1. The number of carbonyl (C=O) groups excluding carboxylic acids is 1. The van der Waals surface area contributed by atoms with E-state index in [1.54, 1.807) is 18.2 Å². The van der Waals surface area contributed by atoms with Crippen molar-refractivity contribution in [2.75, 3.05) is 12.8 Å². The van der Waals surface area contributed by atoms with E-state index in [1.807, 2.05) is 0 Å². The average Bonchev–Trinajstić information content (AvgIpc) is 2.17. The summed E-state index contributed by atoms with van der Waals surface area (Å²) in [6, 6.07) is 4.83. The minimum absolute atomic E-state index is 0.249. The van der Waals surface area contributed by atoms with Crippen molar-refractivity contribution in [3.05, 3.63) is 23.8 Å². The topological polar surface area (TPSA) is 102 Å². The molecule has 5 N–H and O–H groups in total. The number of nitrogens with two attached hydrogens (primary N) is 2. The van der Waals surface area contributed by atoms with Crippen LogP contribution in [0.3, 0.4) is 0 Å². The van der Waals surface area contributed by atoms with Crippen molar-refractivity contribution in [3.8, 4) is 5.75 Å². The number of anilines is 1. The molecule has 0 saturated heterocycles. The van der Waals surface area contributed by atoms with Crippen LogP contribution in [0.2, 0.25) is 0 Å². The number of benzene rings is 1. The van der Waals surface area contributed by atoms with Gasteiger partial charge in [-0.3, -0.25) is 10.2 Å². The molecule has 0 aliphatic heterocycles. The van der Waals surface area contributed by atoms with Crippen molar-refractivity contribution in [2.24, 2.45) is 5.73 Å². The minimum Gasteiger partial charge on any atom is -0.495 e. The predicted octanol–water partition coefficient (Wildman–Crippen LogP) is 0.131. The summed E-state index contributed by atoms with van der Waals surface area (Å²) in [6.45, 7) is 0. The van der Waals surface area contributed by atoms with Gasteiger partial charge in [-0.15, -0.1) is 0 Å². The molecule has 1 amide bonds. The lowest BCUT2D eigenvalue weighted by Crippen LogP contribution is -2.24. The highest BCUT2D eigenvalue weighted by Crippen LogP contribution is 2.24. The standard InChI is InChI=1S/C9H11N3O2/c1-14-6-4-2-3-5(7(6)10)8(11)9(12)13/h2-4,11H,10H2,1H3,(H2,12,13). The van der Waals surface area contributed by atoms with Gasteiger partial charge in [0.1, 0.15) is 11.5 Å². The number of amides is 1. The molecule has 0 bridgehead atoms. The lowest BCUT2D eigenvalue weighted by Gasteiger charge is -2.08. The van der Waals surface area contributed by atoms with Gasteiger partial charge in [-0.1, -0.05) is 12.1 Å². The molecule has 74 valence electrons. The maximum absolute atomic E-state index is 10.8. The molecule has 1 rings (SSSR count). The smallest absolute Gasteiger partial charge is 0.267 e. The lowest BCUT2D eigenvalue weighted by atomic mass is 10.1. The zero-order chi connectivity index (χ0) is 10.7. The lowest BCUT2D eigenvalue weighted by molar-refractivity contribution is -0.112. The molecule has 0 aliphatic carbocycles. The van der Waals surface area contributed by atoms with Crippen LogP contribution >= 0.6 is 0 Å². The molecule has 0 aliphatic rings. The van der Waals surface area contributed by atoms with E-state index in [2.05, 4.69) is 0 Å². The third kappa shape index (κ3) is 1.66. The van der Waals surface area contributed by atoms with E-state index in [1.165, 1.54) is 7.11 Å². The second-order valence-electron chi connectivity index (χ2n) is 2.66. The van der Waals surface area contributed by atoms with Gasteiger partial charge in [-0.25, -0.2) is 0 Å². The van der Waals surface area contributed by atoms with Crippen LogP contribution in [0.4, 0.5) is 5.69 Å². The van der Waals surface area contributed by atoms with Crippen LogP contribution in [0.15, 0.2) is 18.2 Å². The van der Waals surface area contributed by atoms with E-state index in [4.69, 9.17) is 21.6 Å². The summed E-state index contributed by atoms with van der Waals surface area (Å²) in [5.74, 6) is -0.390. The number of para-hydroxylation sites is 1. The second-order valence-corrected chi connectivity index (χ2v) is 2.66. The van der Waals surface area contributed by atoms with Gasteiger partial charge in [0.05, 0.1) is 12.8 Å². The molecule has 5 heteroatoms. The molecule has 0 spiro atoms. The van der Waals surface area contributed by atoms with Gasteiger partial charge in [0.25, 0.3) is 5.91 Å². The monoisotopic (exact) mass is 193 g/mol. The summed E-state index contributed by atoms with van der Waals surface area (Å²) in [5, 5.41) is 7.39. The highest BCUT2D eigenvalue weighted by molar-refractivity contribution is 6.44. The van der Waals surface area contributed by atoms with Crippen LogP contribution in [0.1, 0.15) is 5.56 Å². The first kappa shape index (κ1) is 10.0. The van der Waals surface area contributed by atoms with Crippen LogP contribution in [0, 0.1) is 5.41 Å². The quantitative estimate of drug-likeness (QED) is 0.469. The van der Waals surface area contributed by atoms with Crippen molar-refractivity contribution in [1.29, 1.82) is 5.41 Å². The highest BCUT2D eigenvalue weighted by atomic mass is 16.5. The van der Waals surface area contributed by atoms with Crippen molar-refractivity contribution in [3.63, 3.8) is 0 Å². The van der Waals surface area contributed by atoms with Gasteiger partial charge in [-0.2, -0.15) is 0 Å². The molecule has 0 saturated carbocycles. The fourth-order valence-electron chi connectivity index (χ4n) is 1.07. The van der Waals surface area contributed by atoms with E-state index < -0.39 is 5.91 Å². The number of hydrogen-bond donors (Lipinski definition) is 3. The van der Waals surface area contributed by atoms with Gasteiger partial charge in [0.15, 0.2) is 0 Å². The Hall–Kier alpha value is -2.04. The molecule has 1 aromatic carbocycles. The number of ether oxygens (including phenoxy) is 1. The number of methoxy groups -OCH3 is 1. The minimum atomic E-state index is -0.815. The second kappa shape index (κ2) is 3.78. The zero-order valence-electron chi connectivity index (χ0n) is 7.70. The van der Waals surface area contributed by atoms with E-state index in [0.717, 1.165) is 0 Å². The average molecular weight is 193 g/mol. The number of nitrogens with one attached hydrogen (secondary N) is 1. The van der Waals surface area contributed by atoms with Gasteiger partial charge in [0.2, 0.25) is 0 Å². The van der Waals surface area contributed by atoms with E-state index in [0.29, 0.717) is 5.75 Å². The Bertz CT molecular complexity index is 388. The van der Waals surface area contributed by atoms with Gasteiger partial charge < -0.3 is 16.2 Å². The molecular weight excluding hydrogens is 182 g/mol. The van der Waals surface area contributed by atoms with Crippen molar-refractivity contribution >= 4 is 17.3 Å². The van der Waals surface area contributed by atoms with Gasteiger partial charge in [0, 0.05) is 5.56 Å². The van der Waals surface area contributed by atoms with E-state index >= 15 is 0 Å². The van der Waals surface area contributed by atoms with Crippen LogP contribution in [-0.2, 0) is 4.79 Å². The van der Waals surface area contributed by atoms with Crippen molar-refractivity contribution in [2.45, 2.75) is 0 Å². The Morgan fingerprint density at radius 2 is 2.14 bits per heavy atom. The number of hydrogen-bond acceptors (Lipinski definition) is 4. The molecule has 14 heavy (non-hydrogen) atoms. The zero-order valence-corrected chi connectivity index (χ0v) is 7.70. The summed E-state index contributed by atoms with van der Waals surface area (Å²) in [7, 11) is 1.46. The normalized spacial score (nSPS) is 9.50. The summed E-state index contributed by atoms with van der Waals surface area (Å²) in [4.78, 5) is 10.8. The molecule has 0 radical (unpaired) electrons. The van der Waals surface area contributed by atoms with Crippen LogP contribution in [0.25, 0.3) is 0 Å². The van der Waals surface area contributed by atoms with Crippen LogP contribution < -0.4 is 16.2 Å². The Morgan fingerprint density at radius 3 is 2.64 bits per heavy atom. The number of nitrogen functional groups attached to an aromatic ring is 1. The highest BCUT2D eigenvalue weighted by Gasteiger charge is 2.13. The molecule has 0 heterocycles. The molecule has 5 nitrogen and oxygen atoms in total. The van der Waals surface area contributed by atoms with Crippen molar-refractivity contribution in [1.82, 2.24) is 0 Å². The SMILES string of the molecule is COc1cccc(C(=N)C(N)=O)c1N. The first-order chi connectivity index (χ1) is 6.57. The molecule has 0 fully saturated rings. The number of rotatable bonds is 3. The fraction of sp³-hybridized carbons (Fsp3) is 0.111. The molecule has 0 aromatic heterocycles. The Morgan fingerprint density at radius 1 is 1.50 bits per heavy atom. The summed E-state index contributed by atoms with van der Waals surface area (Å²) < 4.78 is 4.94. The van der Waals surface area contributed by atoms with Gasteiger partial charge >= 0.3 is 0 Å². The maximum Gasteiger partial charge on any atom is 0.267 e. The summed E-state index contributed by atoms with van der Waals surface area (Å²) in [5.41, 5.74) is 10.8. The molecular formula is C9H11N3O2. The Balaban J connectivity index is 3.22. The van der Waals surface area contributed by atoms with Crippen LogP contribution in [-0.4, -0.2) is 18.7 Å². The Labute approximate surface area is 81.2 Å².